The first kappa shape index (κ1) is 18.6. The summed E-state index contributed by atoms with van der Waals surface area (Å²) < 4.78 is 34.7. The van der Waals surface area contributed by atoms with Crippen molar-refractivity contribution in [2.24, 2.45) is 0 Å². The quantitative estimate of drug-likeness (QED) is 0.427. The first-order valence-corrected chi connectivity index (χ1v) is 9.45. The van der Waals surface area contributed by atoms with Gasteiger partial charge in [0, 0.05) is 5.56 Å². The van der Waals surface area contributed by atoms with Crippen molar-refractivity contribution in [1.82, 2.24) is 0 Å². The van der Waals surface area contributed by atoms with E-state index >= 15 is 0 Å². The van der Waals surface area contributed by atoms with E-state index in [1.165, 1.54) is 17.7 Å². The summed E-state index contributed by atoms with van der Waals surface area (Å²) in [6.45, 7) is 6.29. The number of rotatable bonds is 7. The summed E-state index contributed by atoms with van der Waals surface area (Å²) in [4.78, 5) is 0. The van der Waals surface area contributed by atoms with Gasteiger partial charge in [-0.05, 0) is 85.4 Å². The molecule has 0 N–H and O–H groups in total. The van der Waals surface area contributed by atoms with E-state index in [-0.39, 0.29) is 11.5 Å². The molecule has 1 unspecified atom stereocenters. The van der Waals surface area contributed by atoms with Crippen molar-refractivity contribution >= 4 is 0 Å². The summed E-state index contributed by atoms with van der Waals surface area (Å²) in [5.41, 5.74) is 3.35. The van der Waals surface area contributed by atoms with Crippen LogP contribution in [-0.4, -0.2) is 6.61 Å². The van der Waals surface area contributed by atoms with Crippen molar-refractivity contribution in [3.63, 3.8) is 0 Å². The Kier molecular flexibility index (Phi) is 6.08. The molecule has 0 amide bonds. The van der Waals surface area contributed by atoms with Crippen molar-refractivity contribution in [2.75, 3.05) is 6.61 Å². The van der Waals surface area contributed by atoms with Crippen molar-refractivity contribution in [3.8, 4) is 5.75 Å². The van der Waals surface area contributed by atoms with Gasteiger partial charge in [0.05, 0.1) is 6.61 Å². The number of aryl methyl sites for hydroxylation is 2. The molecule has 1 aliphatic rings. The van der Waals surface area contributed by atoms with Crippen LogP contribution in [0.4, 0.5) is 8.78 Å². The summed E-state index contributed by atoms with van der Waals surface area (Å²) in [5, 5.41) is 0. The van der Waals surface area contributed by atoms with Crippen LogP contribution < -0.4 is 4.74 Å². The molecule has 1 atom stereocenters. The topological polar surface area (TPSA) is 9.23 Å². The van der Waals surface area contributed by atoms with Crippen LogP contribution in [0.15, 0.2) is 43.0 Å². The summed E-state index contributed by atoms with van der Waals surface area (Å²) >= 11 is 0. The highest BCUT2D eigenvalue weighted by Crippen LogP contribution is 2.36. The van der Waals surface area contributed by atoms with Crippen LogP contribution in [0.25, 0.3) is 0 Å². The third kappa shape index (κ3) is 4.14. The molecule has 0 bridgehead atoms. The number of unbranched alkanes of at least 4 members (excludes halogenated alkanes) is 1. The molecule has 3 heteroatoms. The minimum Gasteiger partial charge on any atom is -0.494 e. The number of ether oxygens (including phenoxy) is 1. The molecule has 0 fully saturated rings. The molecule has 0 heterocycles. The van der Waals surface area contributed by atoms with Gasteiger partial charge in [-0.2, -0.15) is 0 Å². The number of allylic oxidation sites excluding steroid dienone is 1. The number of benzene rings is 2. The second-order valence-electron chi connectivity index (χ2n) is 6.98. The third-order valence-electron chi connectivity index (χ3n) is 5.18. The van der Waals surface area contributed by atoms with Crippen LogP contribution in [0.5, 0.6) is 5.75 Å². The molecule has 0 spiro atoms. The molecule has 2 aromatic carbocycles. The molecule has 2 aromatic rings. The van der Waals surface area contributed by atoms with E-state index in [0.717, 1.165) is 37.0 Å². The lowest BCUT2D eigenvalue weighted by atomic mass is 9.79. The van der Waals surface area contributed by atoms with Crippen LogP contribution in [0, 0.1) is 11.6 Å². The standard InChI is InChI=1S/C23H26F2O/c1-3-5-6-11-26-20-10-9-17-14-19(8-7-18(17)15-20)23-21(24)12-16(4-2)13-22(23)25/h3,9-10,12-13,15,19H,1,4-8,11,14H2,2H3. The molecule has 0 saturated heterocycles. The van der Waals surface area contributed by atoms with Gasteiger partial charge in [-0.25, -0.2) is 8.78 Å². The van der Waals surface area contributed by atoms with Crippen molar-refractivity contribution in [1.29, 1.82) is 0 Å². The fraction of sp³-hybridized carbons (Fsp3) is 0.391. The summed E-state index contributed by atoms with van der Waals surface area (Å²) in [6.07, 6.45) is 6.67. The van der Waals surface area contributed by atoms with Gasteiger partial charge in [0.15, 0.2) is 0 Å². The lowest BCUT2D eigenvalue weighted by molar-refractivity contribution is 0.311. The lowest BCUT2D eigenvalue weighted by Gasteiger charge is -2.26. The minimum absolute atomic E-state index is 0.104. The minimum atomic E-state index is -0.405. The van der Waals surface area contributed by atoms with E-state index in [0.29, 0.717) is 25.0 Å². The second kappa shape index (κ2) is 8.48. The molecule has 1 nitrogen and oxygen atoms in total. The second-order valence-corrected chi connectivity index (χ2v) is 6.98. The van der Waals surface area contributed by atoms with Gasteiger partial charge in [0.2, 0.25) is 0 Å². The van der Waals surface area contributed by atoms with Crippen LogP contribution in [-0.2, 0) is 19.3 Å². The van der Waals surface area contributed by atoms with Gasteiger partial charge in [-0.1, -0.05) is 19.1 Å². The van der Waals surface area contributed by atoms with Crippen LogP contribution in [0.2, 0.25) is 0 Å². The Bertz CT molecular complexity index is 759. The Labute approximate surface area is 154 Å². The number of halogens is 2. The molecule has 0 saturated carbocycles. The highest BCUT2D eigenvalue weighted by Gasteiger charge is 2.26. The van der Waals surface area contributed by atoms with E-state index in [1.807, 2.05) is 25.1 Å². The predicted octanol–water partition coefficient (Wildman–Crippen LogP) is 6.14. The third-order valence-corrected chi connectivity index (χ3v) is 5.18. The Balaban J connectivity index is 1.73. The zero-order chi connectivity index (χ0) is 18.5. The van der Waals surface area contributed by atoms with Crippen LogP contribution in [0.3, 0.4) is 0 Å². The van der Waals surface area contributed by atoms with Crippen LogP contribution in [0.1, 0.15) is 54.4 Å². The molecule has 0 aromatic heterocycles. The van der Waals surface area contributed by atoms with Crippen molar-refractivity contribution < 1.29 is 13.5 Å². The molecule has 0 aliphatic heterocycles. The summed E-state index contributed by atoms with van der Waals surface area (Å²) in [6, 6.07) is 9.04. The Hall–Kier alpha value is -2.16. The highest BCUT2D eigenvalue weighted by atomic mass is 19.1. The van der Waals surface area contributed by atoms with Gasteiger partial charge in [-0.3, -0.25) is 0 Å². The maximum atomic E-state index is 14.5. The van der Waals surface area contributed by atoms with Gasteiger partial charge >= 0.3 is 0 Å². The van der Waals surface area contributed by atoms with Gasteiger partial charge in [0.25, 0.3) is 0 Å². The predicted molar refractivity (Wildman–Crippen MR) is 102 cm³/mol. The summed E-state index contributed by atoms with van der Waals surface area (Å²) in [7, 11) is 0. The molecule has 0 radical (unpaired) electrons. The molecule has 3 rings (SSSR count). The van der Waals surface area contributed by atoms with Crippen molar-refractivity contribution in [2.45, 2.75) is 51.4 Å². The van der Waals surface area contributed by atoms with E-state index < -0.39 is 11.6 Å². The van der Waals surface area contributed by atoms with Crippen molar-refractivity contribution in [3.05, 3.63) is 76.9 Å². The van der Waals surface area contributed by atoms with Gasteiger partial charge < -0.3 is 4.74 Å². The Morgan fingerprint density at radius 2 is 1.92 bits per heavy atom. The number of hydrogen-bond acceptors (Lipinski definition) is 1. The average molecular weight is 356 g/mol. The van der Waals surface area contributed by atoms with Gasteiger partial charge in [-0.15, -0.1) is 6.58 Å². The molecule has 1 aliphatic carbocycles. The van der Waals surface area contributed by atoms with E-state index in [9.17, 15) is 8.78 Å². The summed E-state index contributed by atoms with van der Waals surface area (Å²) in [5.74, 6) is -0.0429. The smallest absolute Gasteiger partial charge is 0.129 e. The van der Waals surface area contributed by atoms with E-state index in [4.69, 9.17) is 4.74 Å². The number of hydrogen-bond donors (Lipinski definition) is 0. The molecule has 26 heavy (non-hydrogen) atoms. The highest BCUT2D eigenvalue weighted by molar-refractivity contribution is 5.40. The first-order chi connectivity index (χ1) is 12.6. The SMILES string of the molecule is C=CCCCOc1ccc2c(c1)CCC(c1c(F)cc(CC)cc1F)C2. The van der Waals surface area contributed by atoms with Crippen LogP contribution >= 0.6 is 0 Å². The fourth-order valence-electron chi connectivity index (χ4n) is 3.72. The Morgan fingerprint density at radius 1 is 1.15 bits per heavy atom. The maximum Gasteiger partial charge on any atom is 0.129 e. The molecule has 138 valence electrons. The zero-order valence-corrected chi connectivity index (χ0v) is 15.4. The maximum absolute atomic E-state index is 14.5. The molecular weight excluding hydrogens is 330 g/mol. The Morgan fingerprint density at radius 3 is 2.62 bits per heavy atom. The van der Waals surface area contributed by atoms with E-state index in [2.05, 4.69) is 12.6 Å². The zero-order valence-electron chi connectivity index (χ0n) is 15.4. The average Bonchev–Trinajstić information content (AvgIpc) is 2.64. The number of fused-ring (bicyclic) bond motifs is 1. The monoisotopic (exact) mass is 356 g/mol. The van der Waals surface area contributed by atoms with Gasteiger partial charge in [0.1, 0.15) is 17.4 Å². The fourth-order valence-corrected chi connectivity index (χ4v) is 3.72. The normalized spacial score (nSPS) is 16.2. The lowest BCUT2D eigenvalue weighted by Crippen LogP contribution is -2.16. The first-order valence-electron chi connectivity index (χ1n) is 9.45. The van der Waals surface area contributed by atoms with E-state index in [1.54, 1.807) is 0 Å². The molecular formula is C23H26F2O. The largest absolute Gasteiger partial charge is 0.494 e.